The maximum absolute atomic E-state index is 12.4. The predicted molar refractivity (Wildman–Crippen MR) is 80.6 cm³/mol. The van der Waals surface area contributed by atoms with Gasteiger partial charge in [0.05, 0.1) is 10.5 Å². The zero-order valence-electron chi connectivity index (χ0n) is 12.1. The molecule has 2 aliphatic rings. The van der Waals surface area contributed by atoms with E-state index in [0.717, 1.165) is 12.8 Å². The summed E-state index contributed by atoms with van der Waals surface area (Å²) in [5, 5.41) is 10.3. The van der Waals surface area contributed by atoms with Crippen molar-refractivity contribution in [1.29, 1.82) is 0 Å². The molecule has 1 aliphatic carbocycles. The fraction of sp³-hybridized carbons (Fsp3) is 0.467. The smallest absolute Gasteiger partial charge is 0.240 e. The number of ether oxygens (including phenoxy) is 2. The topological polar surface area (TPSA) is 84.9 Å². The molecule has 0 bridgehead atoms. The van der Waals surface area contributed by atoms with Crippen LogP contribution in [0.4, 0.5) is 0 Å². The van der Waals surface area contributed by atoms with Crippen LogP contribution in [-0.4, -0.2) is 38.9 Å². The quantitative estimate of drug-likeness (QED) is 0.813. The highest BCUT2D eigenvalue weighted by molar-refractivity contribution is 7.89. The minimum absolute atomic E-state index is 0.0414. The Morgan fingerprint density at radius 1 is 1.23 bits per heavy atom. The molecule has 7 heteroatoms. The van der Waals surface area contributed by atoms with E-state index < -0.39 is 15.6 Å². The van der Waals surface area contributed by atoms with E-state index in [1.807, 2.05) is 6.08 Å². The lowest BCUT2D eigenvalue weighted by Crippen LogP contribution is -2.42. The van der Waals surface area contributed by atoms with Crippen molar-refractivity contribution < 1.29 is 23.0 Å². The first-order valence-corrected chi connectivity index (χ1v) is 8.76. The maximum atomic E-state index is 12.4. The van der Waals surface area contributed by atoms with Crippen LogP contribution in [0.25, 0.3) is 0 Å². The fourth-order valence-electron chi connectivity index (χ4n) is 2.55. The minimum Gasteiger partial charge on any atom is -0.486 e. The Morgan fingerprint density at radius 2 is 2.00 bits per heavy atom. The second-order valence-electron chi connectivity index (χ2n) is 5.53. The first-order chi connectivity index (χ1) is 10.5. The van der Waals surface area contributed by atoms with Crippen molar-refractivity contribution in [3.8, 4) is 11.5 Å². The van der Waals surface area contributed by atoms with E-state index in [0.29, 0.717) is 31.1 Å². The van der Waals surface area contributed by atoms with E-state index in [9.17, 15) is 13.5 Å². The Balaban J connectivity index is 1.75. The summed E-state index contributed by atoms with van der Waals surface area (Å²) >= 11 is 0. The molecule has 0 saturated heterocycles. The Hall–Kier alpha value is -1.57. The van der Waals surface area contributed by atoms with Crippen molar-refractivity contribution in [3.63, 3.8) is 0 Å². The van der Waals surface area contributed by atoms with Gasteiger partial charge in [-0.1, -0.05) is 12.2 Å². The van der Waals surface area contributed by atoms with Crippen LogP contribution in [-0.2, 0) is 10.0 Å². The molecule has 0 spiro atoms. The third-order valence-corrected chi connectivity index (χ3v) is 5.20. The maximum Gasteiger partial charge on any atom is 0.240 e. The van der Waals surface area contributed by atoms with Gasteiger partial charge in [-0.05, 0) is 31.4 Å². The van der Waals surface area contributed by atoms with Gasteiger partial charge in [0.15, 0.2) is 11.5 Å². The third-order valence-electron chi connectivity index (χ3n) is 3.80. The molecule has 2 N–H and O–H groups in total. The molecule has 22 heavy (non-hydrogen) atoms. The molecule has 3 rings (SSSR count). The lowest BCUT2D eigenvalue weighted by molar-refractivity contribution is 0.0797. The summed E-state index contributed by atoms with van der Waals surface area (Å²) in [7, 11) is -3.71. The summed E-state index contributed by atoms with van der Waals surface area (Å²) in [4.78, 5) is 0.0974. The van der Waals surface area contributed by atoms with E-state index in [1.54, 1.807) is 12.1 Å². The molecule has 0 fully saturated rings. The summed E-state index contributed by atoms with van der Waals surface area (Å²) < 4.78 is 38.0. The molecule has 0 aromatic heterocycles. The Kier molecular flexibility index (Phi) is 4.12. The number of aliphatic hydroxyl groups is 1. The van der Waals surface area contributed by atoms with Gasteiger partial charge in [0.1, 0.15) is 13.2 Å². The van der Waals surface area contributed by atoms with Crippen LogP contribution in [0.5, 0.6) is 11.5 Å². The highest BCUT2D eigenvalue weighted by Crippen LogP contribution is 2.32. The van der Waals surface area contributed by atoms with Crippen molar-refractivity contribution in [2.24, 2.45) is 0 Å². The summed E-state index contributed by atoms with van der Waals surface area (Å²) in [6, 6.07) is 4.49. The molecule has 0 amide bonds. The zero-order chi connectivity index (χ0) is 15.6. The number of hydrogen-bond donors (Lipinski definition) is 2. The molecule has 1 unspecified atom stereocenters. The second-order valence-corrected chi connectivity index (χ2v) is 7.30. The Labute approximate surface area is 129 Å². The molecular formula is C15H19NO5S. The molecule has 0 radical (unpaired) electrons. The van der Waals surface area contributed by atoms with E-state index in [-0.39, 0.29) is 11.4 Å². The SMILES string of the molecule is O=S(=O)(NCC1(O)C=CCCC1)c1ccc2c(c1)OCCO2. The average molecular weight is 325 g/mol. The number of nitrogens with one attached hydrogen (secondary N) is 1. The second kappa shape index (κ2) is 5.91. The highest BCUT2D eigenvalue weighted by Gasteiger charge is 2.28. The first-order valence-electron chi connectivity index (χ1n) is 7.28. The van der Waals surface area contributed by atoms with Gasteiger partial charge in [0, 0.05) is 12.6 Å². The summed E-state index contributed by atoms with van der Waals surface area (Å²) in [6.45, 7) is 0.811. The van der Waals surface area contributed by atoms with Crippen molar-refractivity contribution >= 4 is 10.0 Å². The monoisotopic (exact) mass is 325 g/mol. The normalized spacial score (nSPS) is 24.2. The Morgan fingerprint density at radius 3 is 2.73 bits per heavy atom. The molecule has 1 heterocycles. The van der Waals surface area contributed by atoms with E-state index in [2.05, 4.69) is 4.72 Å². The van der Waals surface area contributed by atoms with E-state index >= 15 is 0 Å². The van der Waals surface area contributed by atoms with Gasteiger partial charge in [-0.15, -0.1) is 0 Å². The molecule has 1 atom stereocenters. The van der Waals surface area contributed by atoms with Gasteiger partial charge in [-0.25, -0.2) is 13.1 Å². The van der Waals surface area contributed by atoms with Crippen LogP contribution in [0.15, 0.2) is 35.2 Å². The van der Waals surface area contributed by atoms with Crippen LogP contribution in [0.1, 0.15) is 19.3 Å². The number of hydrogen-bond acceptors (Lipinski definition) is 5. The van der Waals surface area contributed by atoms with Crippen LogP contribution in [0.3, 0.4) is 0 Å². The van der Waals surface area contributed by atoms with Crippen molar-refractivity contribution in [1.82, 2.24) is 4.72 Å². The third kappa shape index (κ3) is 3.26. The largest absolute Gasteiger partial charge is 0.486 e. The van der Waals surface area contributed by atoms with Crippen LogP contribution in [0, 0.1) is 0 Å². The molecule has 120 valence electrons. The number of sulfonamides is 1. The standard InChI is InChI=1S/C15H19NO5S/c17-15(6-2-1-3-7-15)11-16-22(18,19)12-4-5-13-14(10-12)21-9-8-20-13/h2,4-6,10,16-17H,1,3,7-9,11H2. The van der Waals surface area contributed by atoms with Gasteiger partial charge in [-0.2, -0.15) is 0 Å². The van der Waals surface area contributed by atoms with Crippen LogP contribution < -0.4 is 14.2 Å². The number of fused-ring (bicyclic) bond motifs is 1. The summed E-state index contributed by atoms with van der Waals surface area (Å²) in [5.41, 5.74) is -1.11. The molecular weight excluding hydrogens is 306 g/mol. The van der Waals surface area contributed by atoms with Crippen molar-refractivity contribution in [2.45, 2.75) is 29.8 Å². The van der Waals surface area contributed by atoms with Gasteiger partial charge in [0.25, 0.3) is 0 Å². The molecule has 1 aromatic carbocycles. The van der Waals surface area contributed by atoms with Gasteiger partial charge >= 0.3 is 0 Å². The van der Waals surface area contributed by atoms with Crippen molar-refractivity contribution in [2.75, 3.05) is 19.8 Å². The molecule has 6 nitrogen and oxygen atoms in total. The molecule has 1 aliphatic heterocycles. The first kappa shape index (κ1) is 15.3. The average Bonchev–Trinajstić information content (AvgIpc) is 2.53. The van der Waals surface area contributed by atoms with Gasteiger partial charge in [-0.3, -0.25) is 0 Å². The lowest BCUT2D eigenvalue weighted by atomic mass is 9.91. The van der Waals surface area contributed by atoms with Crippen LogP contribution in [0.2, 0.25) is 0 Å². The van der Waals surface area contributed by atoms with Gasteiger partial charge in [0.2, 0.25) is 10.0 Å². The lowest BCUT2D eigenvalue weighted by Gasteiger charge is -2.27. The Bertz CT molecular complexity index is 685. The number of rotatable bonds is 4. The molecule has 0 saturated carbocycles. The number of benzene rings is 1. The van der Waals surface area contributed by atoms with Gasteiger partial charge < -0.3 is 14.6 Å². The minimum atomic E-state index is -3.71. The van der Waals surface area contributed by atoms with E-state index in [4.69, 9.17) is 9.47 Å². The highest BCUT2D eigenvalue weighted by atomic mass is 32.2. The van der Waals surface area contributed by atoms with Crippen LogP contribution >= 0.6 is 0 Å². The number of allylic oxidation sites excluding steroid dienone is 1. The fourth-order valence-corrected chi connectivity index (χ4v) is 3.67. The zero-order valence-corrected chi connectivity index (χ0v) is 12.9. The predicted octanol–water partition coefficient (Wildman–Crippen LogP) is 1.21. The summed E-state index contributed by atoms with van der Waals surface area (Å²) in [6.07, 6.45) is 5.85. The molecule has 1 aromatic rings. The van der Waals surface area contributed by atoms with E-state index in [1.165, 1.54) is 12.1 Å². The van der Waals surface area contributed by atoms with Crippen molar-refractivity contribution in [3.05, 3.63) is 30.4 Å². The summed E-state index contributed by atoms with van der Waals surface area (Å²) in [5.74, 6) is 0.962.